The predicted molar refractivity (Wildman–Crippen MR) is 75.9 cm³/mol. The van der Waals surface area contributed by atoms with Crippen LogP contribution in [0.4, 0.5) is 10.5 Å². The Bertz CT molecular complexity index is 444. The molecule has 1 amide bonds. The van der Waals surface area contributed by atoms with Crippen molar-refractivity contribution in [3.8, 4) is 5.75 Å². The maximum absolute atomic E-state index is 11.7. The summed E-state index contributed by atoms with van der Waals surface area (Å²) < 4.78 is 10.5. The number of nitrogens with two attached hydrogens (primary N) is 1. The highest BCUT2D eigenvalue weighted by atomic mass is 35.5. The van der Waals surface area contributed by atoms with Gasteiger partial charge in [-0.05, 0) is 32.9 Å². The molecule has 1 rings (SSSR count). The van der Waals surface area contributed by atoms with Gasteiger partial charge in [0.15, 0.2) is 0 Å². The molecule has 1 aromatic rings. The van der Waals surface area contributed by atoms with Gasteiger partial charge in [-0.3, -0.25) is 5.32 Å². The summed E-state index contributed by atoms with van der Waals surface area (Å²) in [5, 5.41) is 2.99. The van der Waals surface area contributed by atoms with E-state index in [1.807, 2.05) is 0 Å². The third kappa shape index (κ3) is 5.81. The average molecular weight is 287 g/mol. The van der Waals surface area contributed by atoms with E-state index in [1.165, 1.54) is 0 Å². The fourth-order valence-corrected chi connectivity index (χ4v) is 1.45. The van der Waals surface area contributed by atoms with Crippen LogP contribution in [0.25, 0.3) is 0 Å². The normalized spacial score (nSPS) is 11.0. The van der Waals surface area contributed by atoms with Crippen LogP contribution in [0.5, 0.6) is 5.75 Å². The second-order valence-electron chi connectivity index (χ2n) is 4.91. The number of ether oxygens (including phenoxy) is 2. The van der Waals surface area contributed by atoms with E-state index in [0.29, 0.717) is 29.6 Å². The lowest BCUT2D eigenvalue weighted by molar-refractivity contribution is 0.0636. The highest BCUT2D eigenvalue weighted by Gasteiger charge is 2.17. The van der Waals surface area contributed by atoms with Crippen LogP contribution in [-0.4, -0.2) is 24.8 Å². The zero-order chi connectivity index (χ0) is 14.5. The van der Waals surface area contributed by atoms with Crippen molar-refractivity contribution < 1.29 is 14.3 Å². The Morgan fingerprint density at radius 2 is 2.11 bits per heavy atom. The zero-order valence-electron chi connectivity index (χ0n) is 11.3. The lowest BCUT2D eigenvalue weighted by Crippen LogP contribution is -2.27. The van der Waals surface area contributed by atoms with Crippen LogP contribution in [-0.2, 0) is 4.74 Å². The second kappa shape index (κ2) is 6.63. The smallest absolute Gasteiger partial charge is 0.412 e. The Balaban J connectivity index is 2.73. The molecule has 0 unspecified atom stereocenters. The molecule has 0 atom stereocenters. The van der Waals surface area contributed by atoms with Crippen LogP contribution < -0.4 is 15.8 Å². The largest absolute Gasteiger partial charge is 0.492 e. The SMILES string of the molecule is CC(C)(C)OC(=O)Nc1cc(OCCN)ccc1Cl. The number of carbonyl (C=O) groups excluding carboxylic acids is 1. The topological polar surface area (TPSA) is 73.6 Å². The molecule has 19 heavy (non-hydrogen) atoms. The third-order valence-electron chi connectivity index (χ3n) is 1.96. The third-order valence-corrected chi connectivity index (χ3v) is 2.29. The summed E-state index contributed by atoms with van der Waals surface area (Å²) in [7, 11) is 0. The summed E-state index contributed by atoms with van der Waals surface area (Å²) >= 11 is 6.00. The van der Waals surface area contributed by atoms with Crippen molar-refractivity contribution in [3.63, 3.8) is 0 Å². The molecule has 106 valence electrons. The van der Waals surface area contributed by atoms with Gasteiger partial charge in [0.2, 0.25) is 0 Å². The minimum Gasteiger partial charge on any atom is -0.492 e. The van der Waals surface area contributed by atoms with Crippen LogP contribution in [0.15, 0.2) is 18.2 Å². The summed E-state index contributed by atoms with van der Waals surface area (Å²) in [5.74, 6) is 0.584. The minimum atomic E-state index is -0.565. The highest BCUT2D eigenvalue weighted by Crippen LogP contribution is 2.27. The summed E-state index contributed by atoms with van der Waals surface area (Å²) in [4.78, 5) is 11.7. The first-order chi connectivity index (χ1) is 8.81. The van der Waals surface area contributed by atoms with Crippen molar-refractivity contribution in [3.05, 3.63) is 23.2 Å². The van der Waals surface area contributed by atoms with E-state index in [-0.39, 0.29) is 0 Å². The first kappa shape index (κ1) is 15.6. The van der Waals surface area contributed by atoms with E-state index < -0.39 is 11.7 Å². The molecule has 0 aromatic heterocycles. The van der Waals surface area contributed by atoms with Crippen LogP contribution in [0.3, 0.4) is 0 Å². The van der Waals surface area contributed by atoms with Gasteiger partial charge in [0.05, 0.1) is 10.7 Å². The first-order valence-corrected chi connectivity index (χ1v) is 6.32. The van der Waals surface area contributed by atoms with E-state index in [2.05, 4.69) is 5.32 Å². The number of carbonyl (C=O) groups is 1. The fourth-order valence-electron chi connectivity index (χ4n) is 1.28. The van der Waals surface area contributed by atoms with Crippen molar-refractivity contribution in [2.24, 2.45) is 5.73 Å². The molecular weight excluding hydrogens is 268 g/mol. The van der Waals surface area contributed by atoms with E-state index in [4.69, 9.17) is 26.8 Å². The Morgan fingerprint density at radius 1 is 1.42 bits per heavy atom. The molecule has 1 aromatic carbocycles. The van der Waals surface area contributed by atoms with E-state index in [0.717, 1.165) is 0 Å². The Kier molecular flexibility index (Phi) is 5.44. The van der Waals surface area contributed by atoms with Gasteiger partial charge in [-0.15, -0.1) is 0 Å². The number of amides is 1. The van der Waals surface area contributed by atoms with Crippen molar-refractivity contribution in [2.45, 2.75) is 26.4 Å². The Hall–Kier alpha value is -1.46. The number of nitrogens with one attached hydrogen (secondary N) is 1. The van der Waals surface area contributed by atoms with Gasteiger partial charge in [-0.1, -0.05) is 11.6 Å². The van der Waals surface area contributed by atoms with Gasteiger partial charge < -0.3 is 15.2 Å². The van der Waals surface area contributed by atoms with E-state index in [1.54, 1.807) is 39.0 Å². The summed E-state index contributed by atoms with van der Waals surface area (Å²) in [6.45, 7) is 6.17. The number of anilines is 1. The number of benzene rings is 1. The quantitative estimate of drug-likeness (QED) is 0.892. The molecule has 0 spiro atoms. The molecule has 3 N–H and O–H groups in total. The van der Waals surface area contributed by atoms with Gasteiger partial charge in [-0.25, -0.2) is 4.79 Å². The average Bonchev–Trinajstić information content (AvgIpc) is 2.27. The standard InChI is InChI=1S/C13H19ClN2O3/c1-13(2,3)19-12(17)16-11-8-9(18-7-6-15)4-5-10(11)14/h4-5,8H,6-7,15H2,1-3H3,(H,16,17). The van der Waals surface area contributed by atoms with Gasteiger partial charge in [0.1, 0.15) is 18.0 Å². The molecule has 0 aliphatic heterocycles. The van der Waals surface area contributed by atoms with E-state index >= 15 is 0 Å². The first-order valence-electron chi connectivity index (χ1n) is 5.94. The molecule has 0 saturated carbocycles. The Morgan fingerprint density at radius 3 is 2.68 bits per heavy atom. The van der Waals surface area contributed by atoms with Crippen molar-refractivity contribution in [1.82, 2.24) is 0 Å². The van der Waals surface area contributed by atoms with Gasteiger partial charge in [-0.2, -0.15) is 0 Å². The molecule has 0 heterocycles. The fraction of sp³-hybridized carbons (Fsp3) is 0.462. The molecule has 0 aliphatic carbocycles. The van der Waals surface area contributed by atoms with Crippen molar-refractivity contribution in [1.29, 1.82) is 0 Å². The summed E-state index contributed by atoms with van der Waals surface area (Å²) in [6, 6.07) is 4.97. The maximum atomic E-state index is 11.7. The number of hydrogen-bond donors (Lipinski definition) is 2. The lowest BCUT2D eigenvalue weighted by atomic mass is 10.2. The van der Waals surface area contributed by atoms with Gasteiger partial charge in [0.25, 0.3) is 0 Å². The van der Waals surface area contributed by atoms with Crippen LogP contribution in [0, 0.1) is 0 Å². The number of hydrogen-bond acceptors (Lipinski definition) is 4. The van der Waals surface area contributed by atoms with Crippen LogP contribution in [0.2, 0.25) is 5.02 Å². The summed E-state index contributed by atoms with van der Waals surface area (Å²) in [5.41, 5.74) is 5.22. The molecule has 0 radical (unpaired) electrons. The van der Waals surface area contributed by atoms with Crippen molar-refractivity contribution in [2.75, 3.05) is 18.5 Å². The van der Waals surface area contributed by atoms with Gasteiger partial charge in [0, 0.05) is 12.6 Å². The molecule has 0 bridgehead atoms. The second-order valence-corrected chi connectivity index (χ2v) is 5.31. The molecule has 0 aliphatic rings. The summed E-state index contributed by atoms with van der Waals surface area (Å²) in [6.07, 6.45) is -0.564. The monoisotopic (exact) mass is 286 g/mol. The van der Waals surface area contributed by atoms with Crippen molar-refractivity contribution >= 4 is 23.4 Å². The number of halogens is 1. The van der Waals surface area contributed by atoms with Crippen LogP contribution >= 0.6 is 11.6 Å². The lowest BCUT2D eigenvalue weighted by Gasteiger charge is -2.20. The van der Waals surface area contributed by atoms with E-state index in [9.17, 15) is 4.79 Å². The zero-order valence-corrected chi connectivity index (χ0v) is 12.1. The number of rotatable bonds is 4. The highest BCUT2D eigenvalue weighted by molar-refractivity contribution is 6.33. The molecule has 0 fully saturated rings. The molecule has 6 heteroatoms. The molecule has 0 saturated heterocycles. The molecule has 5 nitrogen and oxygen atoms in total. The van der Waals surface area contributed by atoms with Gasteiger partial charge >= 0.3 is 6.09 Å². The predicted octanol–water partition coefficient (Wildman–Crippen LogP) is 3.02. The Labute approximate surface area is 118 Å². The maximum Gasteiger partial charge on any atom is 0.412 e. The minimum absolute atomic E-state index is 0.396. The van der Waals surface area contributed by atoms with Crippen LogP contribution in [0.1, 0.15) is 20.8 Å². The molecular formula is C13H19ClN2O3.